The third-order valence-corrected chi connectivity index (χ3v) is 5.89. The van der Waals surface area contributed by atoms with E-state index in [1.54, 1.807) is 12.1 Å². The van der Waals surface area contributed by atoms with E-state index in [4.69, 9.17) is 5.11 Å². The summed E-state index contributed by atoms with van der Waals surface area (Å²) < 4.78 is 0. The van der Waals surface area contributed by atoms with Crippen LogP contribution in [-0.4, -0.2) is 45.6 Å². The second-order valence-electron chi connectivity index (χ2n) is 8.16. The van der Waals surface area contributed by atoms with Crippen molar-refractivity contribution in [1.82, 2.24) is 10.2 Å². The number of aryl methyl sites for hydroxylation is 1. The van der Waals surface area contributed by atoms with Gasteiger partial charge in [-0.1, -0.05) is 44.2 Å². The molecule has 2 aliphatic heterocycles. The van der Waals surface area contributed by atoms with Crippen LogP contribution in [-0.2, 0) is 20.8 Å². The number of imide groups is 2. The Balaban J connectivity index is 1.53. The number of aliphatic carboxylic acids is 1. The van der Waals surface area contributed by atoms with Gasteiger partial charge in [0.25, 0.3) is 11.8 Å². The van der Waals surface area contributed by atoms with Crippen molar-refractivity contribution < 1.29 is 29.1 Å². The van der Waals surface area contributed by atoms with E-state index in [0.717, 1.165) is 49.0 Å². The first-order chi connectivity index (χ1) is 14.9. The van der Waals surface area contributed by atoms with Gasteiger partial charge in [0.1, 0.15) is 6.04 Å². The SMILES string of the molecule is O=C(O)CCCCCCCCCc1cccc2c1C(=O)N(C1CCC(=O)NC1=O)C2=O. The van der Waals surface area contributed by atoms with Crippen molar-refractivity contribution in [2.24, 2.45) is 0 Å². The van der Waals surface area contributed by atoms with Crippen molar-refractivity contribution in [3.05, 3.63) is 34.9 Å². The van der Waals surface area contributed by atoms with E-state index >= 15 is 0 Å². The molecule has 8 heteroatoms. The summed E-state index contributed by atoms with van der Waals surface area (Å²) in [7, 11) is 0. The molecule has 1 atom stereocenters. The summed E-state index contributed by atoms with van der Waals surface area (Å²) in [6, 6.07) is 4.28. The molecular weight excluding hydrogens is 400 g/mol. The molecule has 0 saturated carbocycles. The molecule has 1 saturated heterocycles. The van der Waals surface area contributed by atoms with Crippen molar-refractivity contribution in [2.75, 3.05) is 0 Å². The van der Waals surface area contributed by atoms with E-state index < -0.39 is 29.7 Å². The molecule has 2 aliphatic rings. The van der Waals surface area contributed by atoms with Crippen LogP contribution >= 0.6 is 0 Å². The summed E-state index contributed by atoms with van der Waals surface area (Å²) >= 11 is 0. The summed E-state index contributed by atoms with van der Waals surface area (Å²) in [5.41, 5.74) is 1.52. The van der Waals surface area contributed by atoms with Gasteiger partial charge in [-0.15, -0.1) is 0 Å². The Hall–Kier alpha value is -3.03. The quantitative estimate of drug-likeness (QED) is 0.413. The first-order valence-corrected chi connectivity index (χ1v) is 11.0. The third-order valence-electron chi connectivity index (χ3n) is 5.89. The molecule has 0 aromatic heterocycles. The van der Waals surface area contributed by atoms with Crippen LogP contribution in [0.4, 0.5) is 0 Å². The molecule has 1 aromatic carbocycles. The highest BCUT2D eigenvalue weighted by molar-refractivity contribution is 6.24. The fourth-order valence-corrected chi connectivity index (χ4v) is 4.27. The first kappa shape index (κ1) is 22.7. The Labute approximate surface area is 181 Å². The topological polar surface area (TPSA) is 121 Å². The Morgan fingerprint density at radius 1 is 0.968 bits per heavy atom. The average molecular weight is 428 g/mol. The van der Waals surface area contributed by atoms with Gasteiger partial charge in [0.2, 0.25) is 11.8 Å². The molecule has 3 rings (SSSR count). The number of carboxylic acid groups (broad SMARTS) is 1. The Bertz CT molecular complexity index is 894. The van der Waals surface area contributed by atoms with Crippen LogP contribution in [0, 0.1) is 0 Å². The lowest BCUT2D eigenvalue weighted by Crippen LogP contribution is -2.54. The third kappa shape index (κ3) is 5.37. The van der Waals surface area contributed by atoms with E-state index in [9.17, 15) is 24.0 Å². The van der Waals surface area contributed by atoms with Crippen LogP contribution in [0.2, 0.25) is 0 Å². The number of piperidine rings is 1. The van der Waals surface area contributed by atoms with Gasteiger partial charge in [-0.25, -0.2) is 0 Å². The zero-order valence-electron chi connectivity index (χ0n) is 17.5. The van der Waals surface area contributed by atoms with Gasteiger partial charge in [0, 0.05) is 12.8 Å². The van der Waals surface area contributed by atoms with E-state index in [2.05, 4.69) is 5.32 Å². The summed E-state index contributed by atoms with van der Waals surface area (Å²) in [5, 5.41) is 10.8. The number of unbranched alkanes of at least 4 members (excludes halogenated alkanes) is 6. The number of carbonyl (C=O) groups excluding carboxylic acids is 4. The second kappa shape index (κ2) is 10.3. The van der Waals surface area contributed by atoms with Gasteiger partial charge in [-0.05, 0) is 37.3 Å². The number of fused-ring (bicyclic) bond motifs is 1. The highest BCUT2D eigenvalue weighted by Crippen LogP contribution is 2.30. The number of hydrogen-bond donors (Lipinski definition) is 2. The van der Waals surface area contributed by atoms with Gasteiger partial charge < -0.3 is 5.11 Å². The molecule has 2 heterocycles. The summed E-state index contributed by atoms with van der Waals surface area (Å²) in [5.74, 6) is -2.67. The minimum absolute atomic E-state index is 0.104. The van der Waals surface area contributed by atoms with Crippen molar-refractivity contribution in [1.29, 1.82) is 0 Å². The van der Waals surface area contributed by atoms with Crippen molar-refractivity contribution in [3.63, 3.8) is 0 Å². The van der Waals surface area contributed by atoms with E-state index in [1.165, 1.54) is 0 Å². The molecule has 0 radical (unpaired) electrons. The minimum Gasteiger partial charge on any atom is -0.481 e. The van der Waals surface area contributed by atoms with Gasteiger partial charge in [-0.3, -0.25) is 34.2 Å². The van der Waals surface area contributed by atoms with Crippen LogP contribution < -0.4 is 5.32 Å². The fraction of sp³-hybridized carbons (Fsp3) is 0.522. The summed E-state index contributed by atoms with van der Waals surface area (Å²) in [6.45, 7) is 0. The van der Waals surface area contributed by atoms with Crippen LogP contribution in [0.25, 0.3) is 0 Å². The maximum atomic E-state index is 13.0. The van der Waals surface area contributed by atoms with Crippen LogP contribution in [0.3, 0.4) is 0 Å². The maximum absolute atomic E-state index is 13.0. The number of nitrogens with zero attached hydrogens (tertiary/aromatic N) is 1. The van der Waals surface area contributed by atoms with Crippen molar-refractivity contribution >= 4 is 29.6 Å². The van der Waals surface area contributed by atoms with Gasteiger partial charge in [-0.2, -0.15) is 0 Å². The molecule has 1 unspecified atom stereocenters. The molecule has 0 bridgehead atoms. The average Bonchev–Trinajstić information content (AvgIpc) is 2.98. The number of amides is 4. The number of nitrogens with one attached hydrogen (secondary N) is 1. The van der Waals surface area contributed by atoms with E-state index in [1.807, 2.05) is 6.07 Å². The molecule has 166 valence electrons. The van der Waals surface area contributed by atoms with Gasteiger partial charge in [0.05, 0.1) is 11.1 Å². The molecule has 0 aliphatic carbocycles. The number of carboxylic acids is 1. The molecule has 4 amide bonds. The molecular formula is C23H28N2O6. The number of rotatable bonds is 11. The smallest absolute Gasteiger partial charge is 0.303 e. The van der Waals surface area contributed by atoms with E-state index in [0.29, 0.717) is 24.0 Å². The molecule has 1 fully saturated rings. The monoisotopic (exact) mass is 428 g/mol. The lowest BCUT2D eigenvalue weighted by atomic mass is 9.97. The normalized spacial score (nSPS) is 18.3. The summed E-state index contributed by atoms with van der Waals surface area (Å²) in [4.78, 5) is 60.9. The predicted octanol–water partition coefficient (Wildman–Crippen LogP) is 2.84. The highest BCUT2D eigenvalue weighted by atomic mass is 16.4. The molecule has 0 spiro atoms. The largest absolute Gasteiger partial charge is 0.481 e. The van der Waals surface area contributed by atoms with Gasteiger partial charge >= 0.3 is 5.97 Å². The van der Waals surface area contributed by atoms with Gasteiger partial charge in [0.15, 0.2) is 0 Å². The van der Waals surface area contributed by atoms with Crippen molar-refractivity contribution in [3.8, 4) is 0 Å². The molecule has 2 N–H and O–H groups in total. The predicted molar refractivity (Wildman–Crippen MR) is 111 cm³/mol. The van der Waals surface area contributed by atoms with Crippen LogP contribution in [0.5, 0.6) is 0 Å². The highest BCUT2D eigenvalue weighted by Gasteiger charge is 2.45. The zero-order chi connectivity index (χ0) is 22.4. The minimum atomic E-state index is -0.945. The summed E-state index contributed by atoms with van der Waals surface area (Å²) in [6.07, 6.45) is 7.76. The molecule has 1 aromatic rings. The first-order valence-electron chi connectivity index (χ1n) is 11.0. The van der Waals surface area contributed by atoms with Crippen LogP contribution in [0.1, 0.15) is 90.5 Å². The Kier molecular flexibility index (Phi) is 7.55. The number of carbonyl (C=O) groups is 5. The zero-order valence-corrected chi connectivity index (χ0v) is 17.5. The number of benzene rings is 1. The fourth-order valence-electron chi connectivity index (χ4n) is 4.27. The number of hydrogen-bond acceptors (Lipinski definition) is 5. The standard InChI is InChI=1S/C23H28N2O6/c26-18-14-13-17(21(29)24-18)25-22(30)16-11-8-10-15(20(16)23(25)31)9-6-4-2-1-3-5-7-12-19(27)28/h8,10-11,17H,1-7,9,12-14H2,(H,27,28)(H,24,26,29). The lowest BCUT2D eigenvalue weighted by Gasteiger charge is -2.27. The van der Waals surface area contributed by atoms with E-state index in [-0.39, 0.29) is 25.2 Å². The van der Waals surface area contributed by atoms with Crippen molar-refractivity contribution in [2.45, 2.75) is 76.7 Å². The molecule has 8 nitrogen and oxygen atoms in total. The molecule has 31 heavy (non-hydrogen) atoms. The van der Waals surface area contributed by atoms with Crippen LogP contribution in [0.15, 0.2) is 18.2 Å². The Morgan fingerprint density at radius 2 is 1.65 bits per heavy atom. The lowest BCUT2D eigenvalue weighted by molar-refractivity contribution is -0.138. The Morgan fingerprint density at radius 3 is 2.32 bits per heavy atom. The second-order valence-corrected chi connectivity index (χ2v) is 8.16. The maximum Gasteiger partial charge on any atom is 0.303 e.